The van der Waals surface area contributed by atoms with Gasteiger partial charge in [-0.1, -0.05) is 24.3 Å². The fourth-order valence-corrected chi connectivity index (χ4v) is 3.22. The number of nitro benzene ring substituents is 1. The van der Waals surface area contributed by atoms with Crippen molar-refractivity contribution in [1.29, 1.82) is 0 Å². The quantitative estimate of drug-likeness (QED) is 0.544. The van der Waals surface area contributed by atoms with Gasteiger partial charge in [0.05, 0.1) is 16.2 Å². The lowest BCUT2D eigenvalue weighted by Gasteiger charge is -2.08. The number of aromatic nitrogens is 2. The number of anilines is 1. The summed E-state index contributed by atoms with van der Waals surface area (Å²) in [6, 6.07) is 11.0. The summed E-state index contributed by atoms with van der Waals surface area (Å²) in [5, 5.41) is 18.9. The number of para-hydroxylation sites is 2. The lowest BCUT2D eigenvalue weighted by Crippen LogP contribution is -2.07. The number of halogens is 3. The minimum Gasteiger partial charge on any atom is -0.369 e. The molecule has 27 heavy (non-hydrogen) atoms. The van der Waals surface area contributed by atoms with Crippen molar-refractivity contribution in [3.05, 3.63) is 69.8 Å². The lowest BCUT2D eigenvalue weighted by atomic mass is 10.0. The van der Waals surface area contributed by atoms with Gasteiger partial charge < -0.3 is 5.32 Å². The zero-order chi connectivity index (χ0) is 19.2. The van der Waals surface area contributed by atoms with Crippen LogP contribution in [0.2, 0.25) is 0 Å². The molecule has 0 radical (unpaired) electrons. The summed E-state index contributed by atoms with van der Waals surface area (Å²) in [6.07, 6.45) is -3.89. The fraction of sp³-hybridized carbons (Fsp3) is 0.167. The molecule has 1 aliphatic rings. The summed E-state index contributed by atoms with van der Waals surface area (Å²) < 4.78 is 40.6. The highest BCUT2D eigenvalue weighted by molar-refractivity contribution is 5.74. The van der Waals surface area contributed by atoms with Crippen LogP contribution in [-0.4, -0.2) is 21.2 Å². The number of rotatable bonds is 3. The van der Waals surface area contributed by atoms with Gasteiger partial charge in [0.15, 0.2) is 0 Å². The predicted octanol–water partition coefficient (Wildman–Crippen LogP) is 4.43. The number of benzene rings is 2. The molecule has 6 nitrogen and oxygen atoms in total. The van der Waals surface area contributed by atoms with E-state index in [0.29, 0.717) is 30.0 Å². The van der Waals surface area contributed by atoms with Crippen molar-refractivity contribution in [3.8, 4) is 16.9 Å². The molecule has 0 bridgehead atoms. The second-order valence-electron chi connectivity index (χ2n) is 6.09. The SMILES string of the molecule is O=[N+]([O-])c1ccccc1-n1nc(-c2cccc(C(F)(F)F)c2)c2c1NCC2. The van der Waals surface area contributed by atoms with Crippen LogP contribution >= 0.6 is 0 Å². The van der Waals surface area contributed by atoms with Crippen molar-refractivity contribution in [3.63, 3.8) is 0 Å². The highest BCUT2D eigenvalue weighted by atomic mass is 19.4. The summed E-state index contributed by atoms with van der Waals surface area (Å²) >= 11 is 0. The molecule has 1 aliphatic heterocycles. The van der Waals surface area contributed by atoms with E-state index < -0.39 is 16.7 Å². The van der Waals surface area contributed by atoms with Gasteiger partial charge in [-0.2, -0.15) is 18.3 Å². The average molecular weight is 374 g/mol. The summed E-state index contributed by atoms with van der Waals surface area (Å²) in [5.41, 5.74) is 0.812. The highest BCUT2D eigenvalue weighted by Crippen LogP contribution is 2.38. The van der Waals surface area contributed by atoms with Crippen molar-refractivity contribution >= 4 is 11.5 Å². The van der Waals surface area contributed by atoms with E-state index in [1.54, 1.807) is 24.3 Å². The molecular weight excluding hydrogens is 361 g/mol. The molecule has 9 heteroatoms. The number of nitro groups is 1. The lowest BCUT2D eigenvalue weighted by molar-refractivity contribution is -0.384. The minimum atomic E-state index is -4.46. The summed E-state index contributed by atoms with van der Waals surface area (Å²) in [4.78, 5) is 10.8. The summed E-state index contributed by atoms with van der Waals surface area (Å²) in [7, 11) is 0. The van der Waals surface area contributed by atoms with Crippen molar-refractivity contribution in [2.45, 2.75) is 12.6 Å². The van der Waals surface area contributed by atoms with Crippen molar-refractivity contribution in [2.24, 2.45) is 0 Å². The molecule has 1 aromatic heterocycles. The molecule has 1 N–H and O–H groups in total. The molecule has 2 heterocycles. The smallest absolute Gasteiger partial charge is 0.369 e. The Morgan fingerprint density at radius 1 is 1.15 bits per heavy atom. The first-order valence-electron chi connectivity index (χ1n) is 8.13. The Balaban J connectivity index is 1.90. The maximum atomic E-state index is 13.1. The molecule has 0 saturated carbocycles. The van der Waals surface area contributed by atoms with E-state index in [1.807, 2.05) is 0 Å². The van der Waals surface area contributed by atoms with Crippen LogP contribution in [0.5, 0.6) is 0 Å². The van der Waals surface area contributed by atoms with E-state index in [1.165, 1.54) is 16.8 Å². The van der Waals surface area contributed by atoms with Crippen LogP contribution in [-0.2, 0) is 12.6 Å². The van der Waals surface area contributed by atoms with Gasteiger partial charge in [-0.05, 0) is 24.6 Å². The van der Waals surface area contributed by atoms with Gasteiger partial charge in [-0.25, -0.2) is 4.68 Å². The molecule has 0 unspecified atom stereocenters. The zero-order valence-electron chi connectivity index (χ0n) is 13.8. The fourth-order valence-electron chi connectivity index (χ4n) is 3.22. The minimum absolute atomic E-state index is 0.132. The van der Waals surface area contributed by atoms with Crippen LogP contribution in [0.4, 0.5) is 24.7 Å². The summed E-state index contributed by atoms with van der Waals surface area (Å²) in [6.45, 7) is 0.583. The first-order chi connectivity index (χ1) is 12.9. The molecule has 0 atom stereocenters. The van der Waals surface area contributed by atoms with Crippen LogP contribution in [0.15, 0.2) is 48.5 Å². The zero-order valence-corrected chi connectivity index (χ0v) is 13.8. The number of nitrogens with zero attached hydrogens (tertiary/aromatic N) is 3. The molecular formula is C18H13F3N4O2. The molecule has 3 aromatic rings. The normalized spacial score (nSPS) is 13.3. The van der Waals surface area contributed by atoms with Crippen molar-refractivity contribution in [2.75, 3.05) is 11.9 Å². The molecule has 138 valence electrons. The largest absolute Gasteiger partial charge is 0.416 e. The molecule has 4 rings (SSSR count). The van der Waals surface area contributed by atoms with Crippen molar-refractivity contribution < 1.29 is 18.1 Å². The maximum absolute atomic E-state index is 13.1. The van der Waals surface area contributed by atoms with E-state index in [0.717, 1.165) is 17.7 Å². The van der Waals surface area contributed by atoms with Gasteiger partial charge in [-0.15, -0.1) is 0 Å². The first-order valence-corrected chi connectivity index (χ1v) is 8.13. The Morgan fingerprint density at radius 3 is 2.67 bits per heavy atom. The number of fused-ring (bicyclic) bond motifs is 1. The van der Waals surface area contributed by atoms with Gasteiger partial charge in [0.2, 0.25) is 0 Å². The molecule has 0 amide bonds. The van der Waals surface area contributed by atoms with E-state index in [2.05, 4.69) is 10.4 Å². The van der Waals surface area contributed by atoms with Crippen LogP contribution in [0.1, 0.15) is 11.1 Å². The highest BCUT2D eigenvalue weighted by Gasteiger charge is 2.32. The van der Waals surface area contributed by atoms with Crippen LogP contribution in [0.3, 0.4) is 0 Å². The third kappa shape index (κ3) is 2.90. The first kappa shape index (κ1) is 17.1. The Kier molecular flexibility index (Phi) is 3.87. The number of nitrogens with one attached hydrogen (secondary N) is 1. The van der Waals surface area contributed by atoms with Crippen LogP contribution in [0.25, 0.3) is 16.9 Å². The molecule has 0 spiro atoms. The van der Waals surface area contributed by atoms with E-state index in [9.17, 15) is 23.3 Å². The number of hydrogen-bond acceptors (Lipinski definition) is 4. The third-order valence-corrected chi connectivity index (χ3v) is 4.42. The van der Waals surface area contributed by atoms with Gasteiger partial charge in [0.25, 0.3) is 5.69 Å². The van der Waals surface area contributed by atoms with Gasteiger partial charge in [0.1, 0.15) is 11.5 Å². The predicted molar refractivity (Wildman–Crippen MR) is 92.9 cm³/mol. The van der Waals surface area contributed by atoms with E-state index >= 15 is 0 Å². The monoisotopic (exact) mass is 374 g/mol. The van der Waals surface area contributed by atoms with Crippen LogP contribution < -0.4 is 5.32 Å². The van der Waals surface area contributed by atoms with Crippen LogP contribution in [0, 0.1) is 10.1 Å². The molecule has 0 saturated heterocycles. The van der Waals surface area contributed by atoms with Gasteiger partial charge in [-0.3, -0.25) is 10.1 Å². The molecule has 2 aromatic carbocycles. The van der Waals surface area contributed by atoms with Gasteiger partial charge >= 0.3 is 6.18 Å². The number of hydrogen-bond donors (Lipinski definition) is 1. The maximum Gasteiger partial charge on any atom is 0.416 e. The third-order valence-electron chi connectivity index (χ3n) is 4.42. The number of alkyl halides is 3. The topological polar surface area (TPSA) is 73.0 Å². The van der Waals surface area contributed by atoms with E-state index in [-0.39, 0.29) is 11.4 Å². The Labute approximate surface area is 151 Å². The standard InChI is InChI=1S/C18H13F3N4O2/c19-18(20,21)12-5-3-4-11(10-12)16-13-8-9-22-17(13)24(23-16)14-6-1-2-7-15(14)25(26)27/h1-7,10,22H,8-9H2. The summed E-state index contributed by atoms with van der Waals surface area (Å²) in [5.74, 6) is 0.566. The Morgan fingerprint density at radius 2 is 1.93 bits per heavy atom. The van der Waals surface area contributed by atoms with Crippen molar-refractivity contribution in [1.82, 2.24) is 9.78 Å². The Bertz CT molecular complexity index is 1040. The second-order valence-corrected chi connectivity index (χ2v) is 6.09. The Hall–Kier alpha value is -3.36. The molecule has 0 aliphatic carbocycles. The van der Waals surface area contributed by atoms with E-state index in [4.69, 9.17) is 0 Å². The molecule has 0 fully saturated rings. The average Bonchev–Trinajstić information content (AvgIpc) is 3.23. The van der Waals surface area contributed by atoms with Gasteiger partial charge in [0, 0.05) is 23.7 Å². The second kappa shape index (κ2) is 6.11.